The normalized spacial score (nSPS) is 25.2. The molecule has 2 aliphatic heterocycles. The zero-order chi connectivity index (χ0) is 19.3. The number of nitrogens with one attached hydrogen (secondary N) is 2. The van der Waals surface area contributed by atoms with E-state index in [1.54, 1.807) is 30.5 Å². The zero-order valence-electron chi connectivity index (χ0n) is 14.9. The Balaban J connectivity index is 1.54. The van der Waals surface area contributed by atoms with Crippen molar-refractivity contribution in [1.29, 1.82) is 0 Å². The van der Waals surface area contributed by atoms with E-state index in [2.05, 4.69) is 15.5 Å². The van der Waals surface area contributed by atoms with Gasteiger partial charge in [-0.05, 0) is 54.3 Å². The third kappa shape index (κ3) is 2.78. The topological polar surface area (TPSA) is 91.2 Å². The van der Waals surface area contributed by atoms with E-state index in [0.717, 1.165) is 6.54 Å². The predicted octanol–water partition coefficient (Wildman–Crippen LogP) is 2.39. The van der Waals surface area contributed by atoms with Crippen LogP contribution in [0.5, 0.6) is 0 Å². The molecule has 2 N–H and O–H groups in total. The van der Waals surface area contributed by atoms with Crippen LogP contribution in [0.15, 0.2) is 58.2 Å². The maximum absolute atomic E-state index is 13.9. The molecular weight excluding hydrogens is 383 g/mol. The zero-order valence-corrected chi connectivity index (χ0v) is 15.7. The van der Waals surface area contributed by atoms with Crippen LogP contribution in [0.1, 0.15) is 11.6 Å². The summed E-state index contributed by atoms with van der Waals surface area (Å²) in [5, 5.41) is 9.82. The van der Waals surface area contributed by atoms with E-state index in [9.17, 15) is 12.8 Å². The summed E-state index contributed by atoms with van der Waals surface area (Å²) in [6.07, 6.45) is 1.57. The average molecular weight is 402 g/mol. The second kappa shape index (κ2) is 6.54. The molecule has 4 heterocycles. The van der Waals surface area contributed by atoms with Crippen molar-refractivity contribution in [1.82, 2.24) is 19.8 Å². The molecule has 2 fully saturated rings. The van der Waals surface area contributed by atoms with Crippen LogP contribution in [-0.2, 0) is 10.0 Å². The molecule has 0 unspecified atom stereocenters. The maximum atomic E-state index is 13.9. The number of aromatic nitrogens is 2. The van der Waals surface area contributed by atoms with E-state index in [0.29, 0.717) is 30.1 Å². The number of H-pyrrole nitrogens is 1. The van der Waals surface area contributed by atoms with Crippen molar-refractivity contribution in [3.8, 4) is 11.5 Å². The van der Waals surface area contributed by atoms with Crippen molar-refractivity contribution in [3.63, 3.8) is 0 Å². The Morgan fingerprint density at radius 1 is 1.18 bits per heavy atom. The lowest BCUT2D eigenvalue weighted by atomic mass is 9.90. The van der Waals surface area contributed by atoms with Gasteiger partial charge in [0.05, 0.1) is 6.04 Å². The molecule has 0 spiro atoms. The van der Waals surface area contributed by atoms with Crippen molar-refractivity contribution in [2.75, 3.05) is 19.6 Å². The van der Waals surface area contributed by atoms with Crippen LogP contribution in [0.25, 0.3) is 11.5 Å². The summed E-state index contributed by atoms with van der Waals surface area (Å²) in [5.41, 5.74) is 1.27. The standard InChI is InChI=1S/C19H19FN4O3S/c20-14-3-1-2-12(8-14)19-15-10-21-9-13(15)11-24(19)28(25,26)18-5-4-17(27-18)16-6-7-22-23-16/h1-8,13,15,19,21H,9-11H2,(H,22,23)/t13-,15-,19+/m0/s1. The van der Waals surface area contributed by atoms with Gasteiger partial charge in [-0.25, -0.2) is 12.8 Å². The summed E-state index contributed by atoms with van der Waals surface area (Å²) in [4.78, 5) is 0. The highest BCUT2D eigenvalue weighted by molar-refractivity contribution is 7.89. The summed E-state index contributed by atoms with van der Waals surface area (Å²) in [7, 11) is -3.88. The van der Waals surface area contributed by atoms with E-state index < -0.39 is 16.1 Å². The quantitative estimate of drug-likeness (QED) is 0.699. The molecule has 5 rings (SSSR count). The van der Waals surface area contributed by atoms with E-state index in [-0.39, 0.29) is 22.7 Å². The van der Waals surface area contributed by atoms with Gasteiger partial charge >= 0.3 is 0 Å². The van der Waals surface area contributed by atoms with Gasteiger partial charge in [0.1, 0.15) is 11.5 Å². The molecule has 0 bridgehead atoms. The first kappa shape index (κ1) is 17.6. The summed E-state index contributed by atoms with van der Waals surface area (Å²) >= 11 is 0. The Kier molecular flexibility index (Phi) is 4.11. The van der Waals surface area contributed by atoms with Gasteiger partial charge in [-0.3, -0.25) is 5.10 Å². The number of halogens is 1. The first-order valence-corrected chi connectivity index (χ1v) is 10.6. The fourth-order valence-corrected chi connectivity index (χ4v) is 5.98. The van der Waals surface area contributed by atoms with Crippen molar-refractivity contribution in [2.45, 2.75) is 11.1 Å². The second-order valence-corrected chi connectivity index (χ2v) is 9.07. The van der Waals surface area contributed by atoms with Gasteiger partial charge in [-0.2, -0.15) is 9.40 Å². The summed E-state index contributed by atoms with van der Waals surface area (Å²) in [5.74, 6) is 0.312. The number of aromatic amines is 1. The first-order chi connectivity index (χ1) is 13.5. The van der Waals surface area contributed by atoms with Gasteiger partial charge in [0.2, 0.25) is 5.09 Å². The van der Waals surface area contributed by atoms with Crippen LogP contribution in [-0.4, -0.2) is 42.6 Å². The predicted molar refractivity (Wildman–Crippen MR) is 99.2 cm³/mol. The number of benzene rings is 1. The molecule has 9 heteroatoms. The van der Waals surface area contributed by atoms with Crippen LogP contribution >= 0.6 is 0 Å². The van der Waals surface area contributed by atoms with E-state index in [4.69, 9.17) is 4.42 Å². The van der Waals surface area contributed by atoms with E-state index in [1.807, 2.05) is 0 Å². The minimum atomic E-state index is -3.88. The first-order valence-electron chi connectivity index (χ1n) is 9.11. The molecule has 2 aliphatic rings. The molecule has 146 valence electrons. The van der Waals surface area contributed by atoms with Crippen LogP contribution < -0.4 is 5.32 Å². The Labute approximate surface area is 161 Å². The molecule has 0 amide bonds. The fourth-order valence-electron chi connectivity index (χ4n) is 4.34. The Hall–Kier alpha value is -2.49. The van der Waals surface area contributed by atoms with Gasteiger partial charge in [-0.15, -0.1) is 0 Å². The van der Waals surface area contributed by atoms with Crippen molar-refractivity contribution in [3.05, 3.63) is 60.0 Å². The molecule has 0 aliphatic carbocycles. The molecule has 7 nitrogen and oxygen atoms in total. The average Bonchev–Trinajstić information content (AvgIpc) is 3.44. The van der Waals surface area contributed by atoms with E-state index in [1.165, 1.54) is 22.5 Å². The SMILES string of the molecule is O=S(=O)(c1ccc(-c2ccn[nH]2)o1)N1C[C@@H]2CNC[C@@H]2[C@H]1c1cccc(F)c1. The highest BCUT2D eigenvalue weighted by atomic mass is 32.2. The molecule has 2 aromatic heterocycles. The van der Waals surface area contributed by atoms with Gasteiger partial charge in [0.15, 0.2) is 5.76 Å². The van der Waals surface area contributed by atoms with Crippen molar-refractivity contribution in [2.24, 2.45) is 11.8 Å². The number of furan rings is 1. The highest BCUT2D eigenvalue weighted by Gasteiger charge is 2.50. The summed E-state index contributed by atoms with van der Waals surface area (Å²) < 4.78 is 47.8. The minimum absolute atomic E-state index is 0.0959. The van der Waals surface area contributed by atoms with Gasteiger partial charge in [0.25, 0.3) is 10.0 Å². The molecule has 1 aromatic carbocycles. The van der Waals surface area contributed by atoms with Crippen LogP contribution in [0.2, 0.25) is 0 Å². The lowest BCUT2D eigenvalue weighted by Crippen LogP contribution is -2.34. The van der Waals surface area contributed by atoms with Crippen LogP contribution in [0.4, 0.5) is 4.39 Å². The van der Waals surface area contributed by atoms with Gasteiger partial charge in [0, 0.05) is 19.3 Å². The number of rotatable bonds is 4. The van der Waals surface area contributed by atoms with E-state index >= 15 is 0 Å². The Morgan fingerprint density at radius 2 is 2.07 bits per heavy atom. The lowest BCUT2D eigenvalue weighted by molar-refractivity contribution is 0.332. The highest BCUT2D eigenvalue weighted by Crippen LogP contribution is 2.45. The summed E-state index contributed by atoms with van der Waals surface area (Å²) in [6, 6.07) is 10.5. The van der Waals surface area contributed by atoms with Crippen molar-refractivity contribution < 1.29 is 17.2 Å². The Morgan fingerprint density at radius 3 is 2.86 bits per heavy atom. The monoisotopic (exact) mass is 402 g/mol. The third-order valence-electron chi connectivity index (χ3n) is 5.62. The second-order valence-electron chi connectivity index (χ2n) is 7.25. The number of hydrogen-bond acceptors (Lipinski definition) is 5. The van der Waals surface area contributed by atoms with Gasteiger partial charge in [-0.1, -0.05) is 12.1 Å². The van der Waals surface area contributed by atoms with Gasteiger partial charge < -0.3 is 9.73 Å². The number of fused-ring (bicyclic) bond motifs is 1. The molecule has 3 aromatic rings. The molecule has 3 atom stereocenters. The molecule has 28 heavy (non-hydrogen) atoms. The summed E-state index contributed by atoms with van der Waals surface area (Å²) in [6.45, 7) is 1.83. The number of nitrogens with zero attached hydrogens (tertiary/aromatic N) is 2. The lowest BCUT2D eigenvalue weighted by Gasteiger charge is -2.26. The van der Waals surface area contributed by atoms with Crippen LogP contribution in [0.3, 0.4) is 0 Å². The minimum Gasteiger partial charge on any atom is -0.442 e. The molecule has 0 radical (unpaired) electrons. The Bertz CT molecular complexity index is 1100. The molecule has 2 saturated heterocycles. The smallest absolute Gasteiger partial charge is 0.277 e. The fraction of sp³-hybridized carbons (Fsp3) is 0.316. The number of sulfonamides is 1. The van der Waals surface area contributed by atoms with Crippen molar-refractivity contribution >= 4 is 10.0 Å². The largest absolute Gasteiger partial charge is 0.442 e. The maximum Gasteiger partial charge on any atom is 0.277 e. The van der Waals surface area contributed by atoms with Crippen LogP contribution in [0, 0.1) is 17.7 Å². The molecular formula is C19H19FN4O3S. The molecule has 0 saturated carbocycles. The number of hydrogen-bond donors (Lipinski definition) is 2. The third-order valence-corrected chi connectivity index (χ3v) is 7.34.